The molecule has 1 unspecified atom stereocenters. The summed E-state index contributed by atoms with van der Waals surface area (Å²) in [6, 6.07) is 22.2. The molecule has 7 heteroatoms. The van der Waals surface area contributed by atoms with Gasteiger partial charge in [0.15, 0.2) is 6.61 Å². The highest BCUT2D eigenvalue weighted by Gasteiger charge is 2.30. The number of hydrogen-bond acceptors (Lipinski definition) is 3. The number of aryl methyl sites for hydroxylation is 1. The SMILES string of the molecule is CCCCNC(=O)C(Cc1ccccc1)N(Cc1cccc(C)c1)C(=O)COc1ccc(Br)cc1Cl. The maximum absolute atomic E-state index is 13.6. The first-order valence-corrected chi connectivity index (χ1v) is 13.3. The van der Waals surface area contributed by atoms with Gasteiger partial charge < -0.3 is 15.0 Å². The maximum Gasteiger partial charge on any atom is 0.261 e. The van der Waals surface area contributed by atoms with Crippen LogP contribution in [-0.4, -0.2) is 35.9 Å². The molecule has 0 bridgehead atoms. The van der Waals surface area contributed by atoms with Gasteiger partial charge in [0.25, 0.3) is 5.91 Å². The number of benzene rings is 3. The van der Waals surface area contributed by atoms with E-state index >= 15 is 0 Å². The number of unbranched alkanes of at least 4 members (excludes halogenated alkanes) is 1. The average molecular weight is 572 g/mol. The third-order valence-electron chi connectivity index (χ3n) is 5.78. The van der Waals surface area contributed by atoms with E-state index in [1.165, 1.54) is 0 Å². The van der Waals surface area contributed by atoms with Crippen LogP contribution in [0.15, 0.2) is 77.3 Å². The Balaban J connectivity index is 1.89. The van der Waals surface area contributed by atoms with Gasteiger partial charge in [0, 0.05) is 24.0 Å². The van der Waals surface area contributed by atoms with Crippen molar-refractivity contribution in [2.75, 3.05) is 13.2 Å². The van der Waals surface area contributed by atoms with Crippen LogP contribution in [0.1, 0.15) is 36.5 Å². The lowest BCUT2D eigenvalue weighted by Crippen LogP contribution is -2.51. The van der Waals surface area contributed by atoms with Crippen LogP contribution < -0.4 is 10.1 Å². The number of carbonyl (C=O) groups is 2. The highest BCUT2D eigenvalue weighted by atomic mass is 79.9. The van der Waals surface area contributed by atoms with Crippen LogP contribution in [0.4, 0.5) is 0 Å². The van der Waals surface area contributed by atoms with Crippen molar-refractivity contribution in [2.24, 2.45) is 0 Å². The second-order valence-corrected chi connectivity index (χ2v) is 10.0. The van der Waals surface area contributed by atoms with Crippen molar-refractivity contribution in [1.82, 2.24) is 10.2 Å². The Kier molecular flexibility index (Phi) is 10.8. The van der Waals surface area contributed by atoms with Crippen LogP contribution in [0.3, 0.4) is 0 Å². The van der Waals surface area contributed by atoms with Gasteiger partial charge in [-0.25, -0.2) is 0 Å². The van der Waals surface area contributed by atoms with E-state index in [2.05, 4.69) is 28.2 Å². The summed E-state index contributed by atoms with van der Waals surface area (Å²) in [6.07, 6.45) is 2.24. The molecule has 2 amide bonds. The van der Waals surface area contributed by atoms with Crippen molar-refractivity contribution >= 4 is 39.3 Å². The lowest BCUT2D eigenvalue weighted by molar-refractivity contribution is -0.142. The molecule has 0 saturated heterocycles. The van der Waals surface area contributed by atoms with Crippen molar-refractivity contribution < 1.29 is 14.3 Å². The van der Waals surface area contributed by atoms with Crippen molar-refractivity contribution in [1.29, 1.82) is 0 Å². The molecule has 0 aliphatic rings. The molecule has 0 saturated carbocycles. The first kappa shape index (κ1) is 27.8. The van der Waals surface area contributed by atoms with Gasteiger partial charge in [-0.05, 0) is 42.7 Å². The van der Waals surface area contributed by atoms with Crippen molar-refractivity contribution in [3.63, 3.8) is 0 Å². The molecule has 3 rings (SSSR count). The third-order valence-corrected chi connectivity index (χ3v) is 6.57. The fourth-order valence-corrected chi connectivity index (χ4v) is 4.61. The topological polar surface area (TPSA) is 58.6 Å². The normalized spacial score (nSPS) is 11.6. The molecular weight excluding hydrogens is 540 g/mol. The van der Waals surface area contributed by atoms with E-state index in [1.807, 2.05) is 61.5 Å². The van der Waals surface area contributed by atoms with Crippen LogP contribution in [0.5, 0.6) is 5.75 Å². The fourth-order valence-electron chi connectivity index (χ4n) is 3.88. The van der Waals surface area contributed by atoms with Crippen molar-refractivity contribution in [2.45, 2.75) is 45.7 Å². The molecule has 0 radical (unpaired) electrons. The summed E-state index contributed by atoms with van der Waals surface area (Å²) in [6.45, 7) is 4.70. The maximum atomic E-state index is 13.6. The molecule has 36 heavy (non-hydrogen) atoms. The number of nitrogens with zero attached hydrogens (tertiary/aromatic N) is 1. The predicted molar refractivity (Wildman–Crippen MR) is 148 cm³/mol. The van der Waals surface area contributed by atoms with Crippen LogP contribution in [0, 0.1) is 6.92 Å². The Morgan fingerprint density at radius 1 is 1.03 bits per heavy atom. The van der Waals surface area contributed by atoms with Gasteiger partial charge in [0.05, 0.1) is 5.02 Å². The first-order valence-electron chi connectivity index (χ1n) is 12.1. The summed E-state index contributed by atoms with van der Waals surface area (Å²) in [5.74, 6) is -0.0484. The summed E-state index contributed by atoms with van der Waals surface area (Å²) in [7, 11) is 0. The zero-order chi connectivity index (χ0) is 25.9. The number of halogens is 2. The van der Waals surface area contributed by atoms with E-state index in [1.54, 1.807) is 23.1 Å². The Bertz CT molecular complexity index is 1160. The molecule has 190 valence electrons. The molecule has 0 aliphatic carbocycles. The Morgan fingerprint density at radius 3 is 2.47 bits per heavy atom. The molecule has 1 N–H and O–H groups in total. The molecule has 0 spiro atoms. The zero-order valence-electron chi connectivity index (χ0n) is 20.7. The third kappa shape index (κ3) is 8.38. The molecule has 3 aromatic carbocycles. The van der Waals surface area contributed by atoms with E-state index in [4.69, 9.17) is 16.3 Å². The van der Waals surface area contributed by atoms with Crippen molar-refractivity contribution in [3.05, 3.63) is 99.0 Å². The van der Waals surface area contributed by atoms with Gasteiger partial charge in [0.2, 0.25) is 5.91 Å². The van der Waals surface area contributed by atoms with E-state index < -0.39 is 6.04 Å². The molecule has 0 fully saturated rings. The Labute approximate surface area is 226 Å². The molecule has 1 atom stereocenters. The number of carbonyl (C=O) groups excluding carboxylic acids is 2. The summed E-state index contributed by atoms with van der Waals surface area (Å²) >= 11 is 9.66. The molecule has 5 nitrogen and oxygen atoms in total. The van der Waals surface area contributed by atoms with Gasteiger partial charge in [-0.1, -0.05) is 101 Å². The van der Waals surface area contributed by atoms with Gasteiger partial charge in [-0.15, -0.1) is 0 Å². The standard InChI is InChI=1S/C29H32BrClN2O3/c1-3-4-15-32-29(35)26(17-22-10-6-5-7-11-22)33(19-23-12-8-9-21(2)16-23)28(34)20-36-27-14-13-24(30)18-25(27)31/h5-14,16,18,26H,3-4,15,17,19-20H2,1-2H3,(H,32,35). The van der Waals surface area contributed by atoms with Crippen molar-refractivity contribution in [3.8, 4) is 5.75 Å². The highest BCUT2D eigenvalue weighted by molar-refractivity contribution is 9.10. The van der Waals surface area contributed by atoms with Gasteiger partial charge in [-0.3, -0.25) is 9.59 Å². The average Bonchev–Trinajstić information content (AvgIpc) is 2.86. The number of ether oxygens (including phenoxy) is 1. The number of nitrogens with one attached hydrogen (secondary N) is 1. The Hall–Kier alpha value is -2.83. The monoisotopic (exact) mass is 570 g/mol. The van der Waals surface area contributed by atoms with Crippen LogP contribution >= 0.6 is 27.5 Å². The van der Waals surface area contributed by atoms with E-state index in [9.17, 15) is 9.59 Å². The summed E-state index contributed by atoms with van der Waals surface area (Å²) in [5, 5.41) is 3.43. The van der Waals surface area contributed by atoms with Gasteiger partial charge >= 0.3 is 0 Å². The largest absolute Gasteiger partial charge is 0.482 e. The molecule has 0 heterocycles. The first-order chi connectivity index (χ1) is 17.4. The number of hydrogen-bond donors (Lipinski definition) is 1. The van der Waals surface area contributed by atoms with E-state index in [0.29, 0.717) is 23.7 Å². The lowest BCUT2D eigenvalue weighted by Gasteiger charge is -2.31. The fraction of sp³-hybridized carbons (Fsp3) is 0.310. The van der Waals surface area contributed by atoms with Crippen LogP contribution in [0.2, 0.25) is 5.02 Å². The molecule has 3 aromatic rings. The minimum atomic E-state index is -0.693. The molecule has 0 aliphatic heterocycles. The zero-order valence-corrected chi connectivity index (χ0v) is 23.0. The summed E-state index contributed by atoms with van der Waals surface area (Å²) in [4.78, 5) is 28.7. The second-order valence-electron chi connectivity index (χ2n) is 8.72. The molecule has 0 aromatic heterocycles. The van der Waals surface area contributed by atoms with E-state index in [-0.39, 0.29) is 25.0 Å². The summed E-state index contributed by atoms with van der Waals surface area (Å²) in [5.41, 5.74) is 3.02. The quantitative estimate of drug-likeness (QED) is 0.258. The minimum Gasteiger partial charge on any atom is -0.482 e. The van der Waals surface area contributed by atoms with Crippen LogP contribution in [-0.2, 0) is 22.6 Å². The van der Waals surface area contributed by atoms with E-state index in [0.717, 1.165) is 34.0 Å². The van der Waals surface area contributed by atoms with Gasteiger partial charge in [0.1, 0.15) is 11.8 Å². The highest BCUT2D eigenvalue weighted by Crippen LogP contribution is 2.28. The lowest BCUT2D eigenvalue weighted by atomic mass is 10.0. The Morgan fingerprint density at radius 2 is 1.78 bits per heavy atom. The predicted octanol–water partition coefficient (Wildman–Crippen LogP) is 6.35. The minimum absolute atomic E-state index is 0.171. The van der Waals surface area contributed by atoms with Gasteiger partial charge in [-0.2, -0.15) is 0 Å². The second kappa shape index (κ2) is 14.0. The molecular formula is C29H32BrClN2O3. The summed E-state index contributed by atoms with van der Waals surface area (Å²) < 4.78 is 6.62. The number of rotatable bonds is 12. The number of amides is 2. The van der Waals surface area contributed by atoms with Crippen LogP contribution in [0.25, 0.3) is 0 Å². The smallest absolute Gasteiger partial charge is 0.261 e.